The van der Waals surface area contributed by atoms with Crippen LogP contribution in [0.5, 0.6) is 0 Å². The van der Waals surface area contributed by atoms with Crippen LogP contribution in [0.4, 0.5) is 0 Å². The van der Waals surface area contributed by atoms with Gasteiger partial charge < -0.3 is 14.3 Å². The van der Waals surface area contributed by atoms with Crippen molar-refractivity contribution in [1.29, 1.82) is 0 Å². The van der Waals surface area contributed by atoms with E-state index in [4.69, 9.17) is 32.6 Å². The van der Waals surface area contributed by atoms with E-state index in [1.807, 2.05) is 48.5 Å². The van der Waals surface area contributed by atoms with E-state index in [9.17, 15) is 0 Å². The number of nitrogens with one attached hydrogen (secondary N) is 1. The molecule has 0 saturated carbocycles. The lowest BCUT2D eigenvalue weighted by Crippen LogP contribution is -2.17. The molecule has 132 valence electrons. The SMILES string of the molecule is Clc1cccc(Cn2c(CNCc3ccco3)nc3ccc(Cl)cc32)c1. The van der Waals surface area contributed by atoms with Crippen LogP contribution in [0.15, 0.2) is 65.3 Å². The third kappa shape index (κ3) is 3.78. The van der Waals surface area contributed by atoms with Crippen LogP contribution in [0, 0.1) is 0 Å². The molecule has 0 atom stereocenters. The van der Waals surface area contributed by atoms with Crippen molar-refractivity contribution in [2.75, 3.05) is 0 Å². The third-order valence-corrected chi connectivity index (χ3v) is 4.65. The molecule has 0 unspecified atom stereocenters. The Balaban J connectivity index is 1.64. The molecule has 0 saturated heterocycles. The van der Waals surface area contributed by atoms with E-state index < -0.39 is 0 Å². The maximum Gasteiger partial charge on any atom is 0.124 e. The summed E-state index contributed by atoms with van der Waals surface area (Å²) in [5.74, 6) is 1.83. The standard InChI is InChI=1S/C20H17Cl2N3O/c21-15-4-1-3-14(9-15)13-25-19-10-16(22)6-7-18(19)24-20(25)12-23-11-17-5-2-8-26-17/h1-10,23H,11-13H2. The molecule has 4 nitrogen and oxygen atoms in total. The van der Waals surface area contributed by atoms with Crippen LogP contribution in [0.2, 0.25) is 10.0 Å². The molecule has 0 bridgehead atoms. The zero-order chi connectivity index (χ0) is 17.9. The highest BCUT2D eigenvalue weighted by molar-refractivity contribution is 6.31. The van der Waals surface area contributed by atoms with E-state index >= 15 is 0 Å². The number of imidazole rings is 1. The molecule has 1 N–H and O–H groups in total. The largest absolute Gasteiger partial charge is 0.468 e. The summed E-state index contributed by atoms with van der Waals surface area (Å²) in [6.45, 7) is 1.94. The molecule has 0 amide bonds. The molecule has 0 aliphatic carbocycles. The van der Waals surface area contributed by atoms with Crippen molar-refractivity contribution in [2.24, 2.45) is 0 Å². The third-order valence-electron chi connectivity index (χ3n) is 4.18. The lowest BCUT2D eigenvalue weighted by atomic mass is 10.2. The summed E-state index contributed by atoms with van der Waals surface area (Å²) in [4.78, 5) is 4.77. The lowest BCUT2D eigenvalue weighted by molar-refractivity contribution is 0.478. The highest BCUT2D eigenvalue weighted by atomic mass is 35.5. The summed E-state index contributed by atoms with van der Waals surface area (Å²) in [5, 5.41) is 4.80. The van der Waals surface area contributed by atoms with Crippen LogP contribution >= 0.6 is 23.2 Å². The van der Waals surface area contributed by atoms with Gasteiger partial charge in [0.05, 0.1) is 30.4 Å². The van der Waals surface area contributed by atoms with E-state index in [1.54, 1.807) is 6.26 Å². The van der Waals surface area contributed by atoms with Crippen molar-refractivity contribution < 1.29 is 4.42 Å². The average molecular weight is 386 g/mol. The Morgan fingerprint density at radius 3 is 2.65 bits per heavy atom. The number of benzene rings is 2. The van der Waals surface area contributed by atoms with Crippen LogP contribution in [-0.2, 0) is 19.6 Å². The van der Waals surface area contributed by atoms with Gasteiger partial charge in [0.25, 0.3) is 0 Å². The Morgan fingerprint density at radius 1 is 0.962 bits per heavy atom. The Kier molecular flexibility index (Phi) is 4.98. The normalized spacial score (nSPS) is 11.3. The zero-order valence-electron chi connectivity index (χ0n) is 14.0. The van der Waals surface area contributed by atoms with E-state index in [2.05, 4.69) is 16.0 Å². The van der Waals surface area contributed by atoms with Crippen LogP contribution in [0.1, 0.15) is 17.1 Å². The van der Waals surface area contributed by atoms with Crippen molar-refractivity contribution in [1.82, 2.24) is 14.9 Å². The van der Waals surface area contributed by atoms with Gasteiger partial charge in [0.15, 0.2) is 0 Å². The van der Waals surface area contributed by atoms with Gasteiger partial charge in [0.1, 0.15) is 11.6 Å². The van der Waals surface area contributed by atoms with Gasteiger partial charge in [-0.25, -0.2) is 4.98 Å². The van der Waals surface area contributed by atoms with Crippen LogP contribution in [0.3, 0.4) is 0 Å². The maximum absolute atomic E-state index is 6.21. The molecule has 26 heavy (non-hydrogen) atoms. The Morgan fingerprint density at radius 2 is 1.85 bits per heavy atom. The Bertz CT molecular complexity index is 1020. The molecule has 2 aromatic heterocycles. The highest BCUT2D eigenvalue weighted by Crippen LogP contribution is 2.23. The number of hydrogen-bond donors (Lipinski definition) is 1. The summed E-state index contributed by atoms with van der Waals surface area (Å²) in [6, 6.07) is 17.4. The quantitative estimate of drug-likeness (QED) is 0.491. The second-order valence-corrected chi connectivity index (χ2v) is 6.93. The summed E-state index contributed by atoms with van der Waals surface area (Å²) < 4.78 is 7.53. The van der Waals surface area contributed by atoms with Crippen molar-refractivity contribution in [2.45, 2.75) is 19.6 Å². The minimum absolute atomic E-state index is 0.619. The molecule has 4 aromatic rings. The molecular weight excluding hydrogens is 369 g/mol. The molecule has 0 fully saturated rings. The molecular formula is C20H17Cl2N3O. The summed E-state index contributed by atoms with van der Waals surface area (Å²) in [7, 11) is 0. The maximum atomic E-state index is 6.21. The number of fused-ring (bicyclic) bond motifs is 1. The van der Waals surface area contributed by atoms with Gasteiger partial charge in [0, 0.05) is 16.6 Å². The second-order valence-electron chi connectivity index (χ2n) is 6.06. The fourth-order valence-corrected chi connectivity index (χ4v) is 3.36. The number of halogens is 2. The molecule has 2 aromatic carbocycles. The smallest absolute Gasteiger partial charge is 0.124 e. The fourth-order valence-electron chi connectivity index (χ4n) is 2.99. The van der Waals surface area contributed by atoms with Crippen molar-refractivity contribution in [3.05, 3.63) is 88.1 Å². The minimum atomic E-state index is 0.619. The summed E-state index contributed by atoms with van der Waals surface area (Å²) >= 11 is 12.3. The first kappa shape index (κ1) is 17.2. The molecule has 4 rings (SSSR count). The monoisotopic (exact) mass is 385 g/mol. The first-order valence-corrected chi connectivity index (χ1v) is 9.07. The number of furan rings is 1. The Hall–Kier alpha value is -2.27. The number of aromatic nitrogens is 2. The van der Waals surface area contributed by atoms with Crippen LogP contribution < -0.4 is 5.32 Å². The first-order chi connectivity index (χ1) is 12.7. The van der Waals surface area contributed by atoms with Gasteiger partial charge in [-0.15, -0.1) is 0 Å². The zero-order valence-corrected chi connectivity index (χ0v) is 15.5. The van der Waals surface area contributed by atoms with Gasteiger partial charge in [0.2, 0.25) is 0 Å². The molecule has 6 heteroatoms. The van der Waals surface area contributed by atoms with Crippen LogP contribution in [0.25, 0.3) is 11.0 Å². The molecule has 0 aliphatic rings. The van der Waals surface area contributed by atoms with E-state index in [-0.39, 0.29) is 0 Å². The number of nitrogens with zero attached hydrogens (tertiary/aromatic N) is 2. The van der Waals surface area contributed by atoms with Gasteiger partial charge in [-0.05, 0) is 48.0 Å². The predicted octanol–water partition coefficient (Wildman–Crippen LogP) is 5.27. The molecule has 0 spiro atoms. The topological polar surface area (TPSA) is 43.0 Å². The Labute approximate surface area is 161 Å². The minimum Gasteiger partial charge on any atom is -0.468 e. The summed E-state index contributed by atoms with van der Waals surface area (Å²) in [5.41, 5.74) is 3.04. The summed E-state index contributed by atoms with van der Waals surface area (Å²) in [6.07, 6.45) is 1.67. The van der Waals surface area contributed by atoms with Crippen LogP contribution in [-0.4, -0.2) is 9.55 Å². The van der Waals surface area contributed by atoms with Crippen molar-refractivity contribution >= 4 is 34.2 Å². The van der Waals surface area contributed by atoms with Gasteiger partial charge in [-0.1, -0.05) is 35.3 Å². The van der Waals surface area contributed by atoms with E-state index in [0.717, 1.165) is 33.2 Å². The average Bonchev–Trinajstić information content (AvgIpc) is 3.24. The van der Waals surface area contributed by atoms with Crippen molar-refractivity contribution in [3.8, 4) is 0 Å². The van der Waals surface area contributed by atoms with Gasteiger partial charge >= 0.3 is 0 Å². The molecule has 0 radical (unpaired) electrons. The first-order valence-electron chi connectivity index (χ1n) is 8.31. The van der Waals surface area contributed by atoms with E-state index in [0.29, 0.717) is 24.7 Å². The highest BCUT2D eigenvalue weighted by Gasteiger charge is 2.12. The lowest BCUT2D eigenvalue weighted by Gasteiger charge is -2.10. The second kappa shape index (κ2) is 7.54. The van der Waals surface area contributed by atoms with E-state index in [1.165, 1.54) is 0 Å². The van der Waals surface area contributed by atoms with Gasteiger partial charge in [-0.2, -0.15) is 0 Å². The number of hydrogen-bond acceptors (Lipinski definition) is 3. The molecule has 2 heterocycles. The predicted molar refractivity (Wildman–Crippen MR) is 105 cm³/mol. The molecule has 0 aliphatic heterocycles. The van der Waals surface area contributed by atoms with Crippen molar-refractivity contribution in [3.63, 3.8) is 0 Å². The fraction of sp³-hybridized carbons (Fsp3) is 0.150. The number of rotatable bonds is 6. The van der Waals surface area contributed by atoms with Gasteiger partial charge in [-0.3, -0.25) is 0 Å².